The Balaban J connectivity index is 2.14. The molecule has 4 nitrogen and oxygen atoms in total. The Morgan fingerprint density at radius 3 is 2.85 bits per heavy atom. The minimum Gasteiger partial charge on any atom is -0.491 e. The van der Waals surface area contributed by atoms with E-state index < -0.39 is 0 Å². The summed E-state index contributed by atoms with van der Waals surface area (Å²) in [7, 11) is 0. The fourth-order valence-corrected chi connectivity index (χ4v) is 2.14. The topological polar surface area (TPSA) is 43.3 Å². The Labute approximate surface area is 119 Å². The monoisotopic (exact) mass is 274 g/mol. The molecular formula is C16H22N2O2. The summed E-state index contributed by atoms with van der Waals surface area (Å²) < 4.78 is 7.64. The molecule has 0 aliphatic heterocycles. The van der Waals surface area contributed by atoms with E-state index in [9.17, 15) is 4.79 Å². The van der Waals surface area contributed by atoms with E-state index in [0.29, 0.717) is 6.54 Å². The smallest absolute Gasteiger partial charge is 0.239 e. The molecule has 0 saturated carbocycles. The summed E-state index contributed by atoms with van der Waals surface area (Å²) in [5, 5.41) is 3.98. The van der Waals surface area contributed by atoms with E-state index in [1.54, 1.807) is 0 Å². The number of nitrogens with zero attached hydrogens (tertiary/aromatic N) is 1. The quantitative estimate of drug-likeness (QED) is 0.880. The van der Waals surface area contributed by atoms with Crippen LogP contribution >= 0.6 is 0 Å². The molecule has 0 unspecified atom stereocenters. The van der Waals surface area contributed by atoms with E-state index in [1.807, 2.05) is 55.8 Å². The van der Waals surface area contributed by atoms with Crippen LogP contribution in [-0.4, -0.2) is 23.1 Å². The highest BCUT2D eigenvalue weighted by Gasteiger charge is 2.07. The summed E-state index contributed by atoms with van der Waals surface area (Å²) in [5.74, 6) is 0.910. The number of benzene rings is 1. The average molecular weight is 274 g/mol. The molecule has 20 heavy (non-hydrogen) atoms. The van der Waals surface area contributed by atoms with Crippen molar-refractivity contribution in [1.29, 1.82) is 0 Å². The first-order valence-electron chi connectivity index (χ1n) is 7.12. The Kier molecular flexibility index (Phi) is 4.66. The standard InChI is InChI=1S/C16H22N2O2/c1-4-8-17-16(19)11-18-9-7-13-10-14(20-12(2)3)5-6-15(13)18/h5-7,9-10,12H,4,8,11H2,1-3H3,(H,17,19). The molecule has 0 radical (unpaired) electrons. The maximum absolute atomic E-state index is 11.8. The molecule has 0 spiro atoms. The molecule has 4 heteroatoms. The van der Waals surface area contributed by atoms with Crippen LogP contribution in [0, 0.1) is 0 Å². The van der Waals surface area contributed by atoms with Crippen LogP contribution in [0.15, 0.2) is 30.5 Å². The number of hydrogen-bond acceptors (Lipinski definition) is 2. The molecule has 0 atom stereocenters. The van der Waals surface area contributed by atoms with Gasteiger partial charge in [0.05, 0.1) is 6.10 Å². The normalized spacial score (nSPS) is 11.0. The zero-order chi connectivity index (χ0) is 14.5. The number of rotatable bonds is 6. The van der Waals surface area contributed by atoms with Gasteiger partial charge in [-0.2, -0.15) is 0 Å². The van der Waals surface area contributed by atoms with E-state index in [1.165, 1.54) is 0 Å². The van der Waals surface area contributed by atoms with Gasteiger partial charge in [-0.1, -0.05) is 6.92 Å². The van der Waals surface area contributed by atoms with Crippen molar-refractivity contribution < 1.29 is 9.53 Å². The molecule has 0 fully saturated rings. The van der Waals surface area contributed by atoms with Crippen LogP contribution in [0.1, 0.15) is 27.2 Å². The second-order valence-corrected chi connectivity index (χ2v) is 5.18. The number of nitrogens with one attached hydrogen (secondary N) is 1. The highest BCUT2D eigenvalue weighted by atomic mass is 16.5. The molecule has 0 aliphatic rings. The third kappa shape index (κ3) is 3.53. The number of amides is 1. The van der Waals surface area contributed by atoms with Crippen molar-refractivity contribution in [2.24, 2.45) is 0 Å². The number of ether oxygens (including phenoxy) is 1. The maximum Gasteiger partial charge on any atom is 0.239 e. The van der Waals surface area contributed by atoms with Crippen molar-refractivity contribution >= 4 is 16.8 Å². The molecule has 1 heterocycles. The summed E-state index contributed by atoms with van der Waals surface area (Å²) in [5.41, 5.74) is 1.05. The second-order valence-electron chi connectivity index (χ2n) is 5.18. The minimum absolute atomic E-state index is 0.0480. The lowest BCUT2D eigenvalue weighted by Crippen LogP contribution is -2.27. The Hall–Kier alpha value is -1.97. The summed E-state index contributed by atoms with van der Waals surface area (Å²) in [4.78, 5) is 11.8. The zero-order valence-electron chi connectivity index (χ0n) is 12.3. The molecule has 1 amide bonds. The lowest BCUT2D eigenvalue weighted by Gasteiger charge is -2.10. The van der Waals surface area contributed by atoms with Crippen molar-refractivity contribution in [1.82, 2.24) is 9.88 Å². The SMILES string of the molecule is CCCNC(=O)Cn1ccc2cc(OC(C)C)ccc21. The Bertz CT molecular complexity index is 587. The lowest BCUT2D eigenvalue weighted by molar-refractivity contribution is -0.121. The summed E-state index contributed by atoms with van der Waals surface area (Å²) in [6.07, 6.45) is 3.05. The highest BCUT2D eigenvalue weighted by molar-refractivity contribution is 5.84. The van der Waals surface area contributed by atoms with Crippen LogP contribution in [-0.2, 0) is 11.3 Å². The van der Waals surface area contributed by atoms with Gasteiger partial charge in [-0.15, -0.1) is 0 Å². The van der Waals surface area contributed by atoms with Crippen molar-refractivity contribution in [2.45, 2.75) is 39.8 Å². The van der Waals surface area contributed by atoms with Crippen LogP contribution in [0.2, 0.25) is 0 Å². The fourth-order valence-electron chi connectivity index (χ4n) is 2.14. The lowest BCUT2D eigenvalue weighted by atomic mass is 10.2. The first-order chi connectivity index (χ1) is 9.60. The number of hydrogen-bond donors (Lipinski definition) is 1. The first-order valence-corrected chi connectivity index (χ1v) is 7.12. The van der Waals surface area contributed by atoms with Crippen LogP contribution in [0.5, 0.6) is 5.75 Å². The predicted octanol–water partition coefficient (Wildman–Crippen LogP) is 2.95. The van der Waals surface area contributed by atoms with Gasteiger partial charge in [-0.25, -0.2) is 0 Å². The van der Waals surface area contributed by atoms with Gasteiger partial charge in [0.2, 0.25) is 5.91 Å². The predicted molar refractivity (Wildman–Crippen MR) is 81.0 cm³/mol. The molecule has 0 saturated heterocycles. The molecule has 1 aromatic carbocycles. The fraction of sp³-hybridized carbons (Fsp3) is 0.438. The third-order valence-corrected chi connectivity index (χ3v) is 3.00. The molecule has 108 valence electrons. The molecule has 0 bridgehead atoms. The number of fused-ring (bicyclic) bond motifs is 1. The number of carbonyl (C=O) groups is 1. The van der Waals surface area contributed by atoms with Crippen molar-refractivity contribution in [3.8, 4) is 5.75 Å². The molecular weight excluding hydrogens is 252 g/mol. The van der Waals surface area contributed by atoms with E-state index in [4.69, 9.17) is 4.74 Å². The van der Waals surface area contributed by atoms with Gasteiger partial charge in [0.1, 0.15) is 12.3 Å². The average Bonchev–Trinajstić information content (AvgIpc) is 2.78. The molecule has 2 aromatic rings. The van der Waals surface area contributed by atoms with Crippen molar-refractivity contribution in [3.63, 3.8) is 0 Å². The van der Waals surface area contributed by atoms with Crippen LogP contribution < -0.4 is 10.1 Å². The highest BCUT2D eigenvalue weighted by Crippen LogP contribution is 2.22. The van der Waals surface area contributed by atoms with Gasteiger partial charge >= 0.3 is 0 Å². The van der Waals surface area contributed by atoms with Gasteiger partial charge in [-0.05, 0) is 44.5 Å². The van der Waals surface area contributed by atoms with Crippen LogP contribution in [0.4, 0.5) is 0 Å². The summed E-state index contributed by atoms with van der Waals surface area (Å²) in [6, 6.07) is 7.97. The van der Waals surface area contributed by atoms with Gasteiger partial charge in [0.15, 0.2) is 0 Å². The van der Waals surface area contributed by atoms with E-state index in [0.717, 1.165) is 29.6 Å². The number of aromatic nitrogens is 1. The van der Waals surface area contributed by atoms with Crippen molar-refractivity contribution in [2.75, 3.05) is 6.54 Å². The van der Waals surface area contributed by atoms with E-state index in [2.05, 4.69) is 5.32 Å². The van der Waals surface area contributed by atoms with Gasteiger partial charge in [-0.3, -0.25) is 4.79 Å². The van der Waals surface area contributed by atoms with Crippen LogP contribution in [0.25, 0.3) is 10.9 Å². The van der Waals surface area contributed by atoms with Gasteiger partial charge in [0.25, 0.3) is 0 Å². The maximum atomic E-state index is 11.8. The van der Waals surface area contributed by atoms with Crippen LogP contribution in [0.3, 0.4) is 0 Å². The zero-order valence-corrected chi connectivity index (χ0v) is 12.3. The van der Waals surface area contributed by atoms with Gasteiger partial charge in [0, 0.05) is 23.6 Å². The van der Waals surface area contributed by atoms with Gasteiger partial charge < -0.3 is 14.6 Å². The largest absolute Gasteiger partial charge is 0.491 e. The van der Waals surface area contributed by atoms with E-state index in [-0.39, 0.29) is 12.0 Å². The number of carbonyl (C=O) groups excluding carboxylic acids is 1. The third-order valence-electron chi connectivity index (χ3n) is 3.00. The molecule has 2 rings (SSSR count). The molecule has 0 aliphatic carbocycles. The molecule has 1 N–H and O–H groups in total. The Morgan fingerprint density at radius 1 is 1.35 bits per heavy atom. The minimum atomic E-state index is 0.0480. The second kappa shape index (κ2) is 6.46. The van der Waals surface area contributed by atoms with Crippen molar-refractivity contribution in [3.05, 3.63) is 30.5 Å². The summed E-state index contributed by atoms with van der Waals surface area (Å²) >= 11 is 0. The Morgan fingerprint density at radius 2 is 2.15 bits per heavy atom. The van der Waals surface area contributed by atoms with E-state index >= 15 is 0 Å². The first kappa shape index (κ1) is 14.4. The molecule has 1 aromatic heterocycles. The summed E-state index contributed by atoms with van der Waals surface area (Å²) in [6.45, 7) is 7.14.